The number of amides is 1. The average molecular weight is 973 g/mol. The molecular formula is C60H109NO8. The minimum absolute atomic E-state index is 0.0781. The van der Waals surface area contributed by atoms with E-state index in [0.717, 1.165) is 54.9 Å². The molecule has 0 spiro atoms. The predicted octanol–water partition coefficient (Wildman–Crippen LogP) is 13.2. The fourth-order valence-electron chi connectivity index (χ4n) is 10.9. The highest BCUT2D eigenvalue weighted by molar-refractivity contribution is 5.80. The second-order valence-corrected chi connectivity index (χ2v) is 22.4. The number of nitrogens with one attached hydrogen (secondary N) is 1. The van der Waals surface area contributed by atoms with Crippen LogP contribution in [0, 0.1) is 29.6 Å². The van der Waals surface area contributed by atoms with Gasteiger partial charge < -0.3 is 40.3 Å². The second-order valence-electron chi connectivity index (χ2n) is 22.4. The molecule has 0 radical (unpaired) electrons. The Labute approximate surface area is 423 Å². The van der Waals surface area contributed by atoms with Gasteiger partial charge in [0.05, 0.1) is 37.6 Å². The van der Waals surface area contributed by atoms with Crippen LogP contribution in [0.2, 0.25) is 0 Å². The zero-order valence-electron chi connectivity index (χ0n) is 44.9. The van der Waals surface area contributed by atoms with Crippen LogP contribution in [0.15, 0.2) is 36.0 Å². The topological polar surface area (TPSA) is 149 Å². The third kappa shape index (κ3) is 28.4. The van der Waals surface area contributed by atoms with Gasteiger partial charge in [-0.3, -0.25) is 4.79 Å². The van der Waals surface area contributed by atoms with Crippen molar-refractivity contribution >= 4 is 5.91 Å². The van der Waals surface area contributed by atoms with Crippen molar-refractivity contribution < 1.29 is 39.8 Å². The van der Waals surface area contributed by atoms with Crippen LogP contribution in [0.25, 0.3) is 0 Å². The van der Waals surface area contributed by atoms with Gasteiger partial charge in [0.15, 0.2) is 0 Å². The van der Waals surface area contributed by atoms with Crippen molar-refractivity contribution in [3.63, 3.8) is 0 Å². The minimum atomic E-state index is -1.28. The number of carbonyl (C=O) groups is 1. The smallest absolute Gasteiger partial charge is 0.249 e. The molecule has 4 unspecified atom stereocenters. The monoisotopic (exact) mass is 972 g/mol. The van der Waals surface area contributed by atoms with Gasteiger partial charge in [-0.05, 0) is 115 Å². The van der Waals surface area contributed by atoms with Crippen LogP contribution < -0.4 is 5.32 Å². The van der Waals surface area contributed by atoms with Crippen LogP contribution in [-0.2, 0) is 14.3 Å². The first kappa shape index (κ1) is 61.7. The van der Waals surface area contributed by atoms with Crippen LogP contribution in [0.1, 0.15) is 246 Å². The van der Waals surface area contributed by atoms with E-state index < -0.39 is 54.5 Å². The first-order valence-electron chi connectivity index (χ1n) is 29.4. The van der Waals surface area contributed by atoms with Crippen molar-refractivity contribution in [1.29, 1.82) is 0 Å². The van der Waals surface area contributed by atoms with Crippen molar-refractivity contribution in [3.05, 3.63) is 36.0 Å². The highest BCUT2D eigenvalue weighted by Crippen LogP contribution is 2.46. The third-order valence-electron chi connectivity index (χ3n) is 15.9. The lowest BCUT2D eigenvalue weighted by Crippen LogP contribution is -2.57. The van der Waals surface area contributed by atoms with E-state index in [9.17, 15) is 30.3 Å². The van der Waals surface area contributed by atoms with E-state index >= 15 is 0 Å². The normalized spacial score (nSPS) is 25.8. The minimum Gasteiger partial charge on any atom is -0.396 e. The molecule has 3 rings (SSSR count). The molecule has 1 amide bonds. The number of allylic oxidation sites excluding steroid dienone is 5. The van der Waals surface area contributed by atoms with Crippen LogP contribution in [0.5, 0.6) is 0 Å². The van der Waals surface area contributed by atoms with Gasteiger partial charge in [-0.2, -0.15) is 0 Å². The van der Waals surface area contributed by atoms with Crippen molar-refractivity contribution in [2.45, 2.75) is 289 Å². The molecule has 0 aliphatic heterocycles. The second kappa shape index (κ2) is 38.9. The largest absolute Gasteiger partial charge is 0.396 e. The Morgan fingerprint density at radius 2 is 1.03 bits per heavy atom. The van der Waals surface area contributed by atoms with Gasteiger partial charge in [0.2, 0.25) is 5.91 Å². The molecule has 0 bridgehead atoms. The average Bonchev–Trinajstić information content (AvgIpc) is 4.28. The number of carbonyl (C=O) groups excluding carboxylic acids is 1. The lowest BCUT2D eigenvalue weighted by Gasteiger charge is -2.42. The predicted molar refractivity (Wildman–Crippen MR) is 286 cm³/mol. The lowest BCUT2D eigenvalue weighted by atomic mass is 9.81. The van der Waals surface area contributed by atoms with Gasteiger partial charge in [-0.15, -0.1) is 0 Å². The molecule has 12 atom stereocenters. The number of unbranched alkanes of at least 4 members (excludes halogenated alkanes) is 19. The van der Waals surface area contributed by atoms with Crippen molar-refractivity contribution in [1.82, 2.24) is 5.32 Å². The summed E-state index contributed by atoms with van der Waals surface area (Å²) in [5, 5.41) is 57.0. The molecule has 9 nitrogen and oxygen atoms in total. The van der Waals surface area contributed by atoms with E-state index in [1.54, 1.807) is 0 Å². The quantitative estimate of drug-likeness (QED) is 0.0261. The summed E-state index contributed by atoms with van der Waals surface area (Å²) in [5.41, 5.74) is 1.05. The molecule has 0 heterocycles. The Balaban J connectivity index is 1.37. The van der Waals surface area contributed by atoms with Gasteiger partial charge in [0, 0.05) is 12.5 Å². The lowest BCUT2D eigenvalue weighted by molar-refractivity contribution is -0.195. The van der Waals surface area contributed by atoms with Gasteiger partial charge in [0.25, 0.3) is 0 Å². The zero-order valence-corrected chi connectivity index (χ0v) is 44.9. The van der Waals surface area contributed by atoms with Crippen LogP contribution in [-0.4, -0.2) is 93.9 Å². The molecule has 0 saturated heterocycles. The maximum absolute atomic E-state index is 13.4. The van der Waals surface area contributed by atoms with Crippen LogP contribution in [0.4, 0.5) is 0 Å². The van der Waals surface area contributed by atoms with Gasteiger partial charge in [0.1, 0.15) is 18.3 Å². The van der Waals surface area contributed by atoms with E-state index in [1.807, 2.05) is 19.9 Å². The Kier molecular flexibility index (Phi) is 34.8. The number of hydrogen-bond donors (Lipinski definition) is 6. The highest BCUT2D eigenvalue weighted by atomic mass is 16.6. The highest BCUT2D eigenvalue weighted by Gasteiger charge is 2.45. The van der Waals surface area contributed by atoms with E-state index in [1.165, 1.54) is 167 Å². The summed E-state index contributed by atoms with van der Waals surface area (Å²) in [6.07, 6.45) is 45.4. The van der Waals surface area contributed by atoms with E-state index in [0.29, 0.717) is 12.8 Å². The number of hydrogen-bond acceptors (Lipinski definition) is 8. The fourth-order valence-corrected chi connectivity index (χ4v) is 10.9. The van der Waals surface area contributed by atoms with E-state index in [4.69, 9.17) is 9.47 Å². The maximum atomic E-state index is 13.4. The molecule has 402 valence electrons. The molecular weight excluding hydrogens is 863 g/mol. The molecule has 0 aromatic heterocycles. The van der Waals surface area contributed by atoms with Crippen molar-refractivity contribution in [3.8, 4) is 0 Å². The zero-order chi connectivity index (χ0) is 49.9. The molecule has 69 heavy (non-hydrogen) atoms. The van der Waals surface area contributed by atoms with E-state index in [2.05, 4.69) is 43.5 Å². The van der Waals surface area contributed by atoms with Crippen molar-refractivity contribution in [2.75, 3.05) is 19.8 Å². The fraction of sp³-hybridized carbons (Fsp3) is 0.883. The summed E-state index contributed by atoms with van der Waals surface area (Å²) >= 11 is 0. The Morgan fingerprint density at radius 3 is 1.52 bits per heavy atom. The summed E-state index contributed by atoms with van der Waals surface area (Å²) in [6.45, 7) is 8.28. The molecule has 0 aromatic rings. The van der Waals surface area contributed by atoms with Gasteiger partial charge in [-0.1, -0.05) is 191 Å². The standard InChI is InChI=1S/C60H109NO8/c1-5-7-9-11-13-16-22-28-34-48-42-50(48)36-30-24-18-15-19-26-32-38-54(63)53(46-69-56-44-52(45-62)57(65)58(66)59(56)68-41-40-47(3)4)61-60(67)55(64)39-33-27-21-20-25-31-37-51-43-49(51)35-29-23-17-14-12-10-8-6-2/h15,19,21,27,40,48-59,62-66H,5-14,16-18,20,22-26,28-39,41-46H2,1-4H3,(H,61,67)/b19-15-,27-21-/t48?,49?,50?,51?,52-,53+,54-,55-,56-,57+,58+,59+/m1/s1. The van der Waals surface area contributed by atoms with Gasteiger partial charge >= 0.3 is 0 Å². The number of aliphatic hydroxyl groups is 5. The Hall–Kier alpha value is -1.59. The van der Waals surface area contributed by atoms with Gasteiger partial charge in [-0.25, -0.2) is 0 Å². The summed E-state index contributed by atoms with van der Waals surface area (Å²) in [5.74, 6) is 2.70. The van der Waals surface area contributed by atoms with Crippen molar-refractivity contribution in [2.24, 2.45) is 29.6 Å². The number of ether oxygens (including phenoxy) is 2. The molecule has 9 heteroatoms. The molecule has 3 fully saturated rings. The number of rotatable bonds is 45. The first-order valence-corrected chi connectivity index (χ1v) is 29.4. The molecule has 3 aliphatic carbocycles. The first-order chi connectivity index (χ1) is 33.6. The van der Waals surface area contributed by atoms with Crippen LogP contribution >= 0.6 is 0 Å². The molecule has 6 N–H and O–H groups in total. The number of aliphatic hydroxyl groups excluding tert-OH is 5. The Morgan fingerprint density at radius 1 is 0.565 bits per heavy atom. The molecule has 3 aliphatic rings. The van der Waals surface area contributed by atoms with E-state index in [-0.39, 0.29) is 32.7 Å². The maximum Gasteiger partial charge on any atom is 0.249 e. The summed E-state index contributed by atoms with van der Waals surface area (Å²) in [6, 6.07) is -0.810. The SMILES string of the molecule is CCCCCCCCCCC1CC1CCCC/C=C\CCC[C@@H](O)[C@H](CO[C@@H]1C[C@H](CO)[C@H](O)[C@H](O)[C@H]1OCC=C(C)C)NC(=O)[C@H](O)CC/C=C\CCCCC1CC1CCCCCCCCCC. The third-order valence-corrected chi connectivity index (χ3v) is 15.9. The Bertz CT molecular complexity index is 1350. The molecule has 3 saturated carbocycles. The summed E-state index contributed by atoms with van der Waals surface area (Å²) in [4.78, 5) is 13.4. The summed E-state index contributed by atoms with van der Waals surface area (Å²) < 4.78 is 12.3. The van der Waals surface area contributed by atoms with Crippen LogP contribution in [0.3, 0.4) is 0 Å². The molecule has 0 aromatic carbocycles. The summed E-state index contributed by atoms with van der Waals surface area (Å²) in [7, 11) is 0.